The van der Waals surface area contributed by atoms with Gasteiger partial charge < -0.3 is 25.2 Å². The molecule has 8 heteroatoms. The maximum atomic E-state index is 13.4. The van der Waals surface area contributed by atoms with Gasteiger partial charge in [-0.25, -0.2) is 4.79 Å². The zero-order chi connectivity index (χ0) is 28.8. The maximum absolute atomic E-state index is 13.4. The molecule has 0 aromatic heterocycles. The SMILES string of the molecule is C[C@H](OCc1ccccc1)[C@@H](NC(=O)OCC1c2ccccc2-c2ccccc21)C(=O)NCC1(C(=O)O)CCCC1. The summed E-state index contributed by atoms with van der Waals surface area (Å²) in [6.45, 7) is 2.06. The maximum Gasteiger partial charge on any atom is 0.407 e. The van der Waals surface area contributed by atoms with E-state index < -0.39 is 35.5 Å². The Bertz CT molecular complexity index is 1340. The lowest BCUT2D eigenvalue weighted by Crippen LogP contribution is -2.55. The van der Waals surface area contributed by atoms with E-state index in [4.69, 9.17) is 9.47 Å². The first-order valence-electron chi connectivity index (χ1n) is 14.2. The van der Waals surface area contributed by atoms with Gasteiger partial charge in [0.25, 0.3) is 0 Å². The molecule has 2 aliphatic rings. The van der Waals surface area contributed by atoms with Gasteiger partial charge in [0.05, 0.1) is 18.1 Å². The molecule has 3 aromatic rings. The van der Waals surface area contributed by atoms with Gasteiger partial charge in [0, 0.05) is 12.5 Å². The number of carboxylic acids is 1. The lowest BCUT2D eigenvalue weighted by molar-refractivity contribution is -0.148. The predicted octanol–water partition coefficient (Wildman–Crippen LogP) is 5.26. The van der Waals surface area contributed by atoms with Crippen molar-refractivity contribution in [1.82, 2.24) is 10.6 Å². The number of amides is 2. The topological polar surface area (TPSA) is 114 Å². The Morgan fingerprint density at radius 1 is 0.902 bits per heavy atom. The summed E-state index contributed by atoms with van der Waals surface area (Å²) < 4.78 is 11.7. The van der Waals surface area contributed by atoms with Crippen LogP contribution in [-0.4, -0.2) is 48.4 Å². The Morgan fingerprint density at radius 3 is 2.10 bits per heavy atom. The molecule has 0 unspecified atom stereocenters. The number of aliphatic carboxylic acids is 1. The van der Waals surface area contributed by atoms with Gasteiger partial charge in [-0.3, -0.25) is 9.59 Å². The van der Waals surface area contributed by atoms with Crippen LogP contribution in [0.5, 0.6) is 0 Å². The van der Waals surface area contributed by atoms with Crippen LogP contribution < -0.4 is 10.6 Å². The molecular formula is C33H36N2O6. The fourth-order valence-corrected chi connectivity index (χ4v) is 5.95. The Balaban J connectivity index is 1.26. The summed E-state index contributed by atoms with van der Waals surface area (Å²) in [7, 11) is 0. The van der Waals surface area contributed by atoms with Crippen molar-refractivity contribution in [3.8, 4) is 11.1 Å². The van der Waals surface area contributed by atoms with Crippen molar-refractivity contribution in [3.05, 3.63) is 95.6 Å². The number of carboxylic acid groups (broad SMARTS) is 1. The zero-order valence-corrected chi connectivity index (χ0v) is 23.2. The van der Waals surface area contributed by atoms with Crippen LogP contribution in [0.1, 0.15) is 55.2 Å². The van der Waals surface area contributed by atoms with Crippen molar-refractivity contribution in [2.45, 2.75) is 57.3 Å². The fraction of sp³-hybridized carbons (Fsp3) is 0.364. The van der Waals surface area contributed by atoms with E-state index in [-0.39, 0.29) is 25.7 Å². The van der Waals surface area contributed by atoms with Crippen LogP contribution in [0.25, 0.3) is 11.1 Å². The summed E-state index contributed by atoms with van der Waals surface area (Å²) in [6.07, 6.45) is 1.18. The largest absolute Gasteiger partial charge is 0.481 e. The predicted molar refractivity (Wildman–Crippen MR) is 154 cm³/mol. The third-order valence-corrected chi connectivity index (χ3v) is 8.34. The average molecular weight is 557 g/mol. The highest BCUT2D eigenvalue weighted by Crippen LogP contribution is 2.44. The molecule has 0 aliphatic heterocycles. The number of hydrogen-bond donors (Lipinski definition) is 3. The highest BCUT2D eigenvalue weighted by atomic mass is 16.5. The lowest BCUT2D eigenvalue weighted by atomic mass is 9.86. The molecule has 214 valence electrons. The van der Waals surface area contributed by atoms with E-state index >= 15 is 0 Å². The fourth-order valence-electron chi connectivity index (χ4n) is 5.95. The lowest BCUT2D eigenvalue weighted by Gasteiger charge is -2.28. The standard InChI is InChI=1S/C33H36N2O6/c1-22(40-19-23-11-3-2-4-12-23)29(30(36)34-21-33(31(37)38)17-9-10-18-33)35-32(39)41-20-28-26-15-7-5-13-24(26)25-14-6-8-16-27(25)28/h2-8,11-16,22,28-29H,9-10,17-21H2,1H3,(H,34,36)(H,35,39)(H,37,38)/t22-,29+/m0/s1. The second kappa shape index (κ2) is 12.6. The van der Waals surface area contributed by atoms with Crippen molar-refractivity contribution in [2.75, 3.05) is 13.2 Å². The molecule has 3 aromatic carbocycles. The van der Waals surface area contributed by atoms with E-state index in [2.05, 4.69) is 22.8 Å². The number of carbonyl (C=O) groups is 3. The first-order valence-corrected chi connectivity index (χ1v) is 14.2. The summed E-state index contributed by atoms with van der Waals surface area (Å²) in [4.78, 5) is 38.5. The number of ether oxygens (including phenoxy) is 2. The van der Waals surface area contributed by atoms with Crippen LogP contribution in [0.15, 0.2) is 78.9 Å². The van der Waals surface area contributed by atoms with Gasteiger partial charge in [-0.15, -0.1) is 0 Å². The Kier molecular flexibility index (Phi) is 8.69. The number of fused-ring (bicyclic) bond motifs is 3. The smallest absolute Gasteiger partial charge is 0.407 e. The quantitative estimate of drug-likeness (QED) is 0.297. The molecule has 0 radical (unpaired) electrons. The number of hydrogen-bond acceptors (Lipinski definition) is 5. The molecule has 2 aliphatic carbocycles. The van der Waals surface area contributed by atoms with E-state index in [0.29, 0.717) is 12.8 Å². The Morgan fingerprint density at radius 2 is 1.49 bits per heavy atom. The minimum atomic E-state index is -1.08. The molecule has 2 amide bonds. The van der Waals surface area contributed by atoms with Crippen LogP contribution in [0.4, 0.5) is 4.79 Å². The molecule has 2 atom stereocenters. The van der Waals surface area contributed by atoms with E-state index in [1.807, 2.05) is 66.7 Å². The van der Waals surface area contributed by atoms with Gasteiger partial charge in [0.2, 0.25) is 5.91 Å². The van der Waals surface area contributed by atoms with Crippen LogP contribution in [0.3, 0.4) is 0 Å². The summed E-state index contributed by atoms with van der Waals surface area (Å²) >= 11 is 0. The van der Waals surface area contributed by atoms with E-state index in [0.717, 1.165) is 40.7 Å². The van der Waals surface area contributed by atoms with Crippen LogP contribution in [0.2, 0.25) is 0 Å². The summed E-state index contributed by atoms with van der Waals surface area (Å²) in [5.41, 5.74) is 4.36. The number of carbonyl (C=O) groups excluding carboxylic acids is 2. The van der Waals surface area contributed by atoms with Crippen molar-refractivity contribution >= 4 is 18.0 Å². The molecule has 5 rings (SSSR count). The van der Waals surface area contributed by atoms with E-state index in [1.165, 1.54) is 0 Å². The molecule has 0 heterocycles. The van der Waals surface area contributed by atoms with Crippen LogP contribution >= 0.6 is 0 Å². The molecule has 1 saturated carbocycles. The molecule has 41 heavy (non-hydrogen) atoms. The number of nitrogens with one attached hydrogen (secondary N) is 2. The molecule has 3 N–H and O–H groups in total. The normalized spacial score (nSPS) is 16.7. The highest BCUT2D eigenvalue weighted by molar-refractivity contribution is 5.87. The molecule has 8 nitrogen and oxygen atoms in total. The number of rotatable bonds is 11. The molecule has 0 saturated heterocycles. The molecule has 0 spiro atoms. The zero-order valence-electron chi connectivity index (χ0n) is 23.2. The van der Waals surface area contributed by atoms with Crippen LogP contribution in [0, 0.1) is 5.41 Å². The first kappa shape index (κ1) is 28.4. The van der Waals surface area contributed by atoms with Crippen molar-refractivity contribution < 1.29 is 29.0 Å². The third-order valence-electron chi connectivity index (χ3n) is 8.34. The second-order valence-electron chi connectivity index (χ2n) is 11.0. The number of alkyl carbamates (subject to hydrolysis) is 1. The minimum absolute atomic E-state index is 0.00452. The van der Waals surface area contributed by atoms with Crippen molar-refractivity contribution in [2.24, 2.45) is 5.41 Å². The van der Waals surface area contributed by atoms with Gasteiger partial charge >= 0.3 is 12.1 Å². The van der Waals surface area contributed by atoms with E-state index in [1.54, 1.807) is 6.92 Å². The third kappa shape index (κ3) is 6.28. The summed E-state index contributed by atoms with van der Waals surface area (Å²) in [6, 6.07) is 24.6. The summed E-state index contributed by atoms with van der Waals surface area (Å²) in [5.74, 6) is -1.54. The highest BCUT2D eigenvalue weighted by Gasteiger charge is 2.42. The second-order valence-corrected chi connectivity index (χ2v) is 11.0. The molecule has 1 fully saturated rings. The average Bonchev–Trinajstić information content (AvgIpc) is 3.61. The summed E-state index contributed by atoms with van der Waals surface area (Å²) in [5, 5.41) is 15.3. The van der Waals surface area contributed by atoms with Crippen LogP contribution in [-0.2, 0) is 25.7 Å². The monoisotopic (exact) mass is 556 g/mol. The Labute approximate surface area is 240 Å². The van der Waals surface area contributed by atoms with Gasteiger partial charge in [-0.05, 0) is 47.6 Å². The molecular weight excluding hydrogens is 520 g/mol. The minimum Gasteiger partial charge on any atom is -0.481 e. The van der Waals surface area contributed by atoms with Gasteiger partial charge in [0.1, 0.15) is 12.6 Å². The molecule has 0 bridgehead atoms. The first-order chi connectivity index (χ1) is 19.9. The van der Waals surface area contributed by atoms with Crippen molar-refractivity contribution in [1.29, 1.82) is 0 Å². The Hall–Kier alpha value is -4.17. The van der Waals surface area contributed by atoms with Gasteiger partial charge in [-0.1, -0.05) is 91.7 Å². The van der Waals surface area contributed by atoms with Gasteiger partial charge in [-0.2, -0.15) is 0 Å². The van der Waals surface area contributed by atoms with E-state index in [9.17, 15) is 19.5 Å². The van der Waals surface area contributed by atoms with Gasteiger partial charge in [0.15, 0.2) is 0 Å². The number of benzene rings is 3. The van der Waals surface area contributed by atoms with Crippen molar-refractivity contribution in [3.63, 3.8) is 0 Å².